The van der Waals surface area contributed by atoms with E-state index in [-0.39, 0.29) is 11.9 Å². The maximum Gasteiger partial charge on any atom is 0.248 e. The molecule has 7 heteroatoms. The quantitative estimate of drug-likeness (QED) is 0.834. The Morgan fingerprint density at radius 2 is 2.16 bits per heavy atom. The number of hydrogen-bond acceptors (Lipinski definition) is 4. The predicted octanol–water partition coefficient (Wildman–Crippen LogP) is 0.625. The first-order valence-electron chi connectivity index (χ1n) is 8.42. The van der Waals surface area contributed by atoms with Gasteiger partial charge in [-0.1, -0.05) is 18.2 Å². The van der Waals surface area contributed by atoms with Crippen molar-refractivity contribution in [2.45, 2.75) is 18.9 Å². The van der Waals surface area contributed by atoms with Crippen LogP contribution in [0.1, 0.15) is 33.9 Å². The summed E-state index contributed by atoms with van der Waals surface area (Å²) in [6.07, 6.45) is 4.67. The van der Waals surface area contributed by atoms with Crippen molar-refractivity contribution in [1.82, 2.24) is 20.0 Å². The van der Waals surface area contributed by atoms with Gasteiger partial charge in [0.2, 0.25) is 11.8 Å². The van der Waals surface area contributed by atoms with E-state index in [2.05, 4.69) is 10.4 Å². The van der Waals surface area contributed by atoms with Gasteiger partial charge in [0.15, 0.2) is 0 Å². The summed E-state index contributed by atoms with van der Waals surface area (Å²) in [5.41, 5.74) is 7.79. The minimum absolute atomic E-state index is 0.0923. The van der Waals surface area contributed by atoms with Gasteiger partial charge in [0.25, 0.3) is 0 Å². The molecule has 1 aromatic carbocycles. The van der Waals surface area contributed by atoms with Crippen LogP contribution in [0.5, 0.6) is 0 Å². The van der Waals surface area contributed by atoms with Crippen molar-refractivity contribution in [3.8, 4) is 0 Å². The summed E-state index contributed by atoms with van der Waals surface area (Å²) < 4.78 is 1.76. The summed E-state index contributed by atoms with van der Waals surface area (Å²) in [5.74, 6) is -0.364. The number of nitrogens with two attached hydrogens (primary N) is 1. The van der Waals surface area contributed by atoms with Crippen molar-refractivity contribution in [2.24, 2.45) is 12.8 Å². The largest absolute Gasteiger partial charge is 0.366 e. The van der Waals surface area contributed by atoms with Gasteiger partial charge in [0, 0.05) is 50.4 Å². The molecule has 3 rings (SSSR count). The zero-order valence-electron chi connectivity index (χ0n) is 14.3. The fraction of sp³-hybridized carbons (Fsp3) is 0.389. The number of primary amides is 1. The predicted molar refractivity (Wildman–Crippen MR) is 93.8 cm³/mol. The maximum atomic E-state index is 12.6. The number of nitrogens with zero attached hydrogens (tertiary/aromatic N) is 3. The lowest BCUT2D eigenvalue weighted by Crippen LogP contribution is -2.48. The summed E-state index contributed by atoms with van der Waals surface area (Å²) in [6.45, 7) is 2.07. The molecule has 1 saturated heterocycles. The Labute approximate surface area is 146 Å². The lowest BCUT2D eigenvalue weighted by molar-refractivity contribution is -0.132. The summed E-state index contributed by atoms with van der Waals surface area (Å²) >= 11 is 0. The maximum absolute atomic E-state index is 12.6. The fourth-order valence-corrected chi connectivity index (χ4v) is 3.20. The van der Waals surface area contributed by atoms with E-state index in [4.69, 9.17) is 5.73 Å². The number of aryl methyl sites for hydroxylation is 2. The van der Waals surface area contributed by atoms with Gasteiger partial charge in [-0.15, -0.1) is 0 Å². The van der Waals surface area contributed by atoms with Crippen LogP contribution < -0.4 is 11.1 Å². The number of carbonyl (C=O) groups excluding carboxylic acids is 2. The molecular formula is C18H23N5O2. The molecule has 1 fully saturated rings. The van der Waals surface area contributed by atoms with Crippen molar-refractivity contribution < 1.29 is 9.59 Å². The highest BCUT2D eigenvalue weighted by Gasteiger charge is 2.25. The molecule has 1 atom stereocenters. The van der Waals surface area contributed by atoms with Gasteiger partial charge in [-0.25, -0.2) is 0 Å². The van der Waals surface area contributed by atoms with Crippen LogP contribution in [0, 0.1) is 0 Å². The van der Waals surface area contributed by atoms with Crippen molar-refractivity contribution in [2.75, 3.05) is 19.6 Å². The Kier molecular flexibility index (Phi) is 5.14. The van der Waals surface area contributed by atoms with Gasteiger partial charge < -0.3 is 16.0 Å². The molecule has 132 valence electrons. The van der Waals surface area contributed by atoms with E-state index in [1.807, 2.05) is 36.5 Å². The molecular weight excluding hydrogens is 318 g/mol. The number of benzene rings is 1. The van der Waals surface area contributed by atoms with Crippen LogP contribution in [0.4, 0.5) is 0 Å². The Morgan fingerprint density at radius 1 is 1.36 bits per heavy atom. The molecule has 2 heterocycles. The summed E-state index contributed by atoms with van der Waals surface area (Å²) in [5, 5.41) is 7.62. The van der Waals surface area contributed by atoms with E-state index in [9.17, 15) is 9.59 Å². The second-order valence-electron chi connectivity index (χ2n) is 6.32. The standard InChI is InChI=1S/C18H23N5O2/c1-22-11-14(10-21-22)16-12-23(9-8-20-16)17(24)7-6-13-4-2-3-5-15(13)18(19)25/h2-5,10-11,16,20H,6-9,12H2,1H3,(H2,19,25). The number of nitrogens with one attached hydrogen (secondary N) is 1. The van der Waals surface area contributed by atoms with Crippen LogP contribution in [0.15, 0.2) is 36.7 Å². The number of amides is 2. The average molecular weight is 341 g/mol. The normalized spacial score (nSPS) is 17.5. The summed E-state index contributed by atoms with van der Waals surface area (Å²) in [4.78, 5) is 26.0. The number of piperazine rings is 1. The van der Waals surface area contributed by atoms with Crippen LogP contribution in [0.25, 0.3) is 0 Å². The van der Waals surface area contributed by atoms with Gasteiger partial charge in [0.05, 0.1) is 12.2 Å². The van der Waals surface area contributed by atoms with Crippen LogP contribution in [0.3, 0.4) is 0 Å². The van der Waals surface area contributed by atoms with Gasteiger partial charge >= 0.3 is 0 Å². The highest BCUT2D eigenvalue weighted by Crippen LogP contribution is 2.18. The SMILES string of the molecule is Cn1cc(C2CN(C(=O)CCc3ccccc3C(N)=O)CCN2)cn1. The molecule has 1 aliphatic rings. The van der Waals surface area contributed by atoms with Crippen LogP contribution in [-0.2, 0) is 18.3 Å². The molecule has 0 aliphatic carbocycles. The van der Waals surface area contributed by atoms with E-state index < -0.39 is 5.91 Å². The van der Waals surface area contributed by atoms with Crippen molar-refractivity contribution in [3.63, 3.8) is 0 Å². The second-order valence-corrected chi connectivity index (χ2v) is 6.32. The third-order valence-electron chi connectivity index (χ3n) is 4.55. The first kappa shape index (κ1) is 17.2. The lowest BCUT2D eigenvalue weighted by atomic mass is 10.0. The Hall–Kier alpha value is -2.67. The van der Waals surface area contributed by atoms with E-state index >= 15 is 0 Å². The minimum atomic E-state index is -0.457. The molecule has 25 heavy (non-hydrogen) atoms. The third kappa shape index (κ3) is 4.06. The van der Waals surface area contributed by atoms with E-state index in [0.717, 1.165) is 17.7 Å². The first-order chi connectivity index (χ1) is 12.0. The van der Waals surface area contributed by atoms with Crippen LogP contribution in [-0.4, -0.2) is 46.1 Å². The van der Waals surface area contributed by atoms with Gasteiger partial charge in [-0.2, -0.15) is 5.10 Å². The molecule has 1 unspecified atom stereocenters. The number of carbonyl (C=O) groups is 2. The molecule has 1 aromatic heterocycles. The molecule has 0 radical (unpaired) electrons. The first-order valence-corrected chi connectivity index (χ1v) is 8.42. The molecule has 2 amide bonds. The van der Waals surface area contributed by atoms with E-state index in [1.165, 1.54) is 0 Å². The van der Waals surface area contributed by atoms with Gasteiger partial charge in [0.1, 0.15) is 0 Å². The summed E-state index contributed by atoms with van der Waals surface area (Å²) in [6, 6.07) is 7.29. The number of aromatic nitrogens is 2. The summed E-state index contributed by atoms with van der Waals surface area (Å²) in [7, 11) is 1.88. The Balaban J connectivity index is 1.61. The molecule has 0 bridgehead atoms. The van der Waals surface area contributed by atoms with Crippen molar-refractivity contribution in [1.29, 1.82) is 0 Å². The minimum Gasteiger partial charge on any atom is -0.366 e. The fourth-order valence-electron chi connectivity index (χ4n) is 3.20. The Morgan fingerprint density at radius 3 is 2.88 bits per heavy atom. The van der Waals surface area contributed by atoms with Crippen molar-refractivity contribution in [3.05, 3.63) is 53.3 Å². The number of rotatable bonds is 5. The van der Waals surface area contributed by atoms with E-state index in [1.54, 1.807) is 16.8 Å². The monoisotopic (exact) mass is 341 g/mol. The smallest absolute Gasteiger partial charge is 0.248 e. The van der Waals surface area contributed by atoms with Gasteiger partial charge in [-0.3, -0.25) is 14.3 Å². The van der Waals surface area contributed by atoms with Gasteiger partial charge in [-0.05, 0) is 18.1 Å². The molecule has 1 aliphatic heterocycles. The van der Waals surface area contributed by atoms with E-state index in [0.29, 0.717) is 31.5 Å². The van der Waals surface area contributed by atoms with Crippen LogP contribution in [0.2, 0.25) is 0 Å². The Bertz CT molecular complexity index is 770. The van der Waals surface area contributed by atoms with Crippen molar-refractivity contribution >= 4 is 11.8 Å². The zero-order chi connectivity index (χ0) is 17.8. The average Bonchev–Trinajstić information content (AvgIpc) is 3.06. The molecule has 0 saturated carbocycles. The molecule has 0 spiro atoms. The second kappa shape index (κ2) is 7.48. The highest BCUT2D eigenvalue weighted by molar-refractivity contribution is 5.94. The number of hydrogen-bond donors (Lipinski definition) is 2. The lowest BCUT2D eigenvalue weighted by Gasteiger charge is -2.33. The van der Waals surface area contributed by atoms with Crippen LogP contribution >= 0.6 is 0 Å². The third-order valence-corrected chi connectivity index (χ3v) is 4.55. The molecule has 3 N–H and O–H groups in total. The molecule has 7 nitrogen and oxygen atoms in total. The topological polar surface area (TPSA) is 93.3 Å². The molecule has 2 aromatic rings. The highest BCUT2D eigenvalue weighted by atomic mass is 16.2. The zero-order valence-corrected chi connectivity index (χ0v) is 14.3.